The third-order valence-corrected chi connectivity index (χ3v) is 51.5. The fourth-order valence-electron chi connectivity index (χ4n) is 12.8. The highest BCUT2D eigenvalue weighted by Crippen LogP contribution is 2.54. The molecule has 6 nitrogen and oxygen atoms in total. The Morgan fingerprint density at radius 2 is 0.963 bits per heavy atom. The molecule has 4 saturated carbocycles. The molecule has 3 heterocycles. The molecule has 14 atom stereocenters. The molecule has 0 amide bonds. The first-order chi connectivity index (χ1) is 25.2. The van der Waals surface area contributed by atoms with Gasteiger partial charge in [-0.2, -0.15) is 0 Å². The third kappa shape index (κ3) is 10.5. The van der Waals surface area contributed by atoms with Gasteiger partial charge in [0.2, 0.25) is 0 Å². The minimum atomic E-state index is -1.94. The maximum atomic E-state index is 7.97. The van der Waals surface area contributed by atoms with Crippen LogP contribution in [0.2, 0.25) is 63.0 Å². The summed E-state index contributed by atoms with van der Waals surface area (Å²) >= 11 is 0. The second-order valence-corrected chi connectivity index (χ2v) is 51.7. The smallest absolute Gasteiger partial charge is 0.189 e. The van der Waals surface area contributed by atoms with Gasteiger partial charge in [0, 0.05) is 0 Å². The van der Waals surface area contributed by atoms with Crippen molar-refractivity contribution in [3.8, 4) is 0 Å². The van der Waals surface area contributed by atoms with Gasteiger partial charge in [-0.25, -0.2) is 0 Å². The Morgan fingerprint density at radius 3 is 1.37 bits per heavy atom. The molecule has 54 heavy (non-hydrogen) atoms. The van der Waals surface area contributed by atoms with Gasteiger partial charge in [0.15, 0.2) is 50.9 Å². The van der Waals surface area contributed by atoms with E-state index in [0.29, 0.717) is 24.2 Å². The maximum Gasteiger partial charge on any atom is 0.189 e. The van der Waals surface area contributed by atoms with Gasteiger partial charge in [-0.15, -0.1) is 0 Å². The molecule has 0 bridgehead atoms. The van der Waals surface area contributed by atoms with Crippen LogP contribution in [0.5, 0.6) is 0 Å². The van der Waals surface area contributed by atoms with E-state index >= 15 is 0 Å². The molecule has 7 aliphatic rings. The second-order valence-electron chi connectivity index (χ2n) is 23.1. The molecular formula is C42H84O6Si6. The van der Waals surface area contributed by atoms with Gasteiger partial charge >= 0.3 is 0 Å². The summed E-state index contributed by atoms with van der Waals surface area (Å²) in [6, 6.07) is 3.87. The van der Waals surface area contributed by atoms with Gasteiger partial charge in [-0.05, 0) is 177 Å². The van der Waals surface area contributed by atoms with Crippen LogP contribution in [-0.4, -0.2) is 86.0 Å². The Bertz CT molecular complexity index is 1300. The zero-order chi connectivity index (χ0) is 38.9. The van der Waals surface area contributed by atoms with Crippen molar-refractivity contribution in [2.45, 2.75) is 230 Å². The van der Waals surface area contributed by atoms with Crippen LogP contribution in [0, 0.1) is 35.5 Å². The summed E-state index contributed by atoms with van der Waals surface area (Å²) in [6.07, 6.45) is 20.1. The highest BCUT2D eigenvalue weighted by molar-refractivity contribution is 7.42. The summed E-state index contributed by atoms with van der Waals surface area (Å²) in [5.41, 5.74) is 1.41. The summed E-state index contributed by atoms with van der Waals surface area (Å²) in [6.45, 7) is 30.2. The van der Waals surface area contributed by atoms with Crippen LogP contribution < -0.4 is 0 Å². The van der Waals surface area contributed by atoms with Crippen molar-refractivity contribution in [1.82, 2.24) is 0 Å². The molecule has 7 fully saturated rings. The van der Waals surface area contributed by atoms with Gasteiger partial charge in [0.1, 0.15) is 0 Å². The first-order valence-electron chi connectivity index (χ1n) is 23.2. The van der Waals surface area contributed by atoms with Crippen LogP contribution in [0.3, 0.4) is 0 Å². The lowest BCUT2D eigenvalue weighted by Crippen LogP contribution is -2.59. The molecule has 0 aromatic heterocycles. The van der Waals surface area contributed by atoms with Crippen LogP contribution in [-0.2, 0) is 26.6 Å². The highest BCUT2D eigenvalue weighted by atomic mass is 29.6. The van der Waals surface area contributed by atoms with E-state index in [2.05, 4.69) is 80.8 Å². The summed E-state index contributed by atoms with van der Waals surface area (Å²) in [7, 11) is -9.79. The van der Waals surface area contributed by atoms with E-state index in [0.717, 1.165) is 35.1 Å². The van der Waals surface area contributed by atoms with Crippen molar-refractivity contribution >= 4 is 50.9 Å². The molecule has 12 heteroatoms. The van der Waals surface area contributed by atoms with E-state index in [9.17, 15) is 0 Å². The fraction of sp³-hybridized carbons (Fsp3) is 1.00. The molecule has 4 aliphatic carbocycles. The van der Waals surface area contributed by atoms with E-state index in [4.69, 9.17) is 26.6 Å². The van der Waals surface area contributed by atoms with Gasteiger partial charge in [-0.1, -0.05) is 52.9 Å². The predicted molar refractivity (Wildman–Crippen MR) is 239 cm³/mol. The lowest BCUT2D eigenvalue weighted by Gasteiger charge is -2.43. The molecule has 0 aromatic rings. The van der Waals surface area contributed by atoms with Crippen molar-refractivity contribution in [3.05, 3.63) is 0 Å². The standard InChI is InChI=1S/C42H84O6Si6/c1-30(33-18-21-40(4)37(24-33)43-40)27-52(7,8)46-49-51(48-54(11,12)29-32(3)35-20-23-42(6)39(26-35)45-42)50(36-16-14-13-15-17-36)47-53(9,10)28-31(2)34-19-22-41(5)38(25-34)44-41/h30-39,50-51H,13-29,49H2,1-12H3. The first kappa shape index (κ1) is 43.2. The predicted octanol–water partition coefficient (Wildman–Crippen LogP) is 9.87. The normalized spacial score (nSPS) is 41.3. The third-order valence-electron chi connectivity index (χ3n) is 16.6. The zero-order valence-corrected chi connectivity index (χ0v) is 43.8. The molecular weight excluding hydrogens is 769 g/mol. The van der Waals surface area contributed by atoms with Gasteiger partial charge in [-0.3, -0.25) is 0 Å². The molecule has 7 rings (SSSR count). The van der Waals surface area contributed by atoms with Crippen molar-refractivity contribution in [3.63, 3.8) is 0 Å². The number of fused-ring (bicyclic) bond motifs is 3. The molecule has 0 N–H and O–H groups in total. The lowest BCUT2D eigenvalue weighted by molar-refractivity contribution is 0.270. The van der Waals surface area contributed by atoms with Crippen molar-refractivity contribution < 1.29 is 26.6 Å². The second kappa shape index (κ2) is 16.2. The summed E-state index contributed by atoms with van der Waals surface area (Å²) in [4.78, 5) is 0. The lowest BCUT2D eigenvalue weighted by atomic mass is 9.77. The van der Waals surface area contributed by atoms with Crippen molar-refractivity contribution in [1.29, 1.82) is 0 Å². The number of hydrogen-bond donors (Lipinski definition) is 0. The summed E-state index contributed by atoms with van der Waals surface area (Å²) in [5, 5.41) is 0. The monoisotopic (exact) mass is 852 g/mol. The highest BCUT2D eigenvalue weighted by Gasteiger charge is 2.58. The van der Waals surface area contributed by atoms with Crippen LogP contribution in [0.4, 0.5) is 0 Å². The number of rotatable bonds is 18. The largest absolute Gasteiger partial charge is 0.461 e. The van der Waals surface area contributed by atoms with Crippen molar-refractivity contribution in [2.24, 2.45) is 35.5 Å². The van der Waals surface area contributed by atoms with E-state index < -0.39 is 50.9 Å². The average Bonchev–Trinajstić information content (AvgIpc) is 4.03. The Kier molecular flexibility index (Phi) is 12.9. The van der Waals surface area contributed by atoms with E-state index in [1.807, 2.05) is 0 Å². The van der Waals surface area contributed by atoms with E-state index in [1.165, 1.54) is 108 Å². The molecule has 312 valence electrons. The van der Waals surface area contributed by atoms with Crippen LogP contribution >= 0.6 is 0 Å². The fourth-order valence-corrected chi connectivity index (χ4v) is 65.8. The molecule has 0 spiro atoms. The molecule has 3 saturated heterocycles. The SMILES string of the molecule is CC(C[Si](C)(C)O[SiH2][SiH](O[Si](C)(C)CC(C)C1CCC2(C)OC2C1)[SiH](O[Si](C)(C)CC(C)C1CCC2(C)OC2C1)C1CCCCC1)C1CCC2(C)OC2C1. The molecule has 14 unspecified atom stereocenters. The van der Waals surface area contributed by atoms with E-state index in [-0.39, 0.29) is 16.8 Å². The van der Waals surface area contributed by atoms with Crippen LogP contribution in [0.1, 0.15) is 131 Å². The molecule has 0 radical (unpaired) electrons. The maximum absolute atomic E-state index is 7.97. The molecule has 3 aliphatic heterocycles. The van der Waals surface area contributed by atoms with Crippen LogP contribution in [0.15, 0.2) is 0 Å². The topological polar surface area (TPSA) is 65.3 Å². The van der Waals surface area contributed by atoms with Crippen molar-refractivity contribution in [2.75, 3.05) is 0 Å². The first-order valence-corrected chi connectivity index (χ1v) is 40.7. The van der Waals surface area contributed by atoms with E-state index in [1.54, 1.807) is 0 Å². The Labute approximate surface area is 340 Å². The number of hydrogen-bond acceptors (Lipinski definition) is 6. The van der Waals surface area contributed by atoms with Crippen LogP contribution in [0.25, 0.3) is 0 Å². The summed E-state index contributed by atoms with van der Waals surface area (Å²) < 4.78 is 41.9. The minimum absolute atomic E-state index is 0.200. The Morgan fingerprint density at radius 1 is 0.574 bits per heavy atom. The Balaban J connectivity index is 1.05. The minimum Gasteiger partial charge on any atom is -0.461 e. The molecule has 0 aromatic carbocycles. The van der Waals surface area contributed by atoms with Gasteiger partial charge < -0.3 is 26.6 Å². The van der Waals surface area contributed by atoms with Gasteiger partial charge in [0.05, 0.1) is 35.1 Å². The number of epoxide rings is 3. The quantitative estimate of drug-likeness (QED) is 0.101. The summed E-state index contributed by atoms with van der Waals surface area (Å²) in [5.74, 6) is 4.54. The van der Waals surface area contributed by atoms with Gasteiger partial charge in [0.25, 0.3) is 0 Å². The average molecular weight is 854 g/mol. The number of ether oxygens (including phenoxy) is 3. The zero-order valence-electron chi connectivity index (χ0n) is 37.1. The Hall–Kier alpha value is 1.06.